The van der Waals surface area contributed by atoms with E-state index in [-0.39, 0.29) is 36.9 Å². The fourth-order valence-electron chi connectivity index (χ4n) is 3.91. The molecule has 2 fully saturated rings. The summed E-state index contributed by atoms with van der Waals surface area (Å²) >= 11 is 0. The van der Waals surface area contributed by atoms with E-state index >= 15 is 0 Å². The largest absolute Gasteiger partial charge is 0.497 e. The first-order chi connectivity index (χ1) is 13.0. The van der Waals surface area contributed by atoms with Crippen LogP contribution in [0.25, 0.3) is 0 Å². The van der Waals surface area contributed by atoms with Crippen LogP contribution in [0, 0.1) is 5.92 Å². The van der Waals surface area contributed by atoms with Crippen molar-refractivity contribution in [1.82, 2.24) is 9.80 Å². The molecule has 27 heavy (non-hydrogen) atoms. The number of carboxylic acid groups (broad SMARTS) is 1. The molecule has 1 aliphatic heterocycles. The van der Waals surface area contributed by atoms with Crippen molar-refractivity contribution >= 4 is 17.8 Å². The number of likely N-dealkylation sites (tertiary alicyclic amines) is 1. The number of nitrogens with zero attached hydrogens (tertiary/aromatic N) is 2. The van der Waals surface area contributed by atoms with Crippen LogP contribution in [-0.4, -0.2) is 58.9 Å². The number of carboxylic acids is 1. The lowest BCUT2D eigenvalue weighted by Gasteiger charge is -2.31. The molecule has 7 nitrogen and oxygen atoms in total. The smallest absolute Gasteiger partial charge is 0.323 e. The maximum absolute atomic E-state index is 13.2. The molecule has 1 N–H and O–H groups in total. The predicted molar refractivity (Wildman–Crippen MR) is 98.2 cm³/mol. The van der Waals surface area contributed by atoms with E-state index in [2.05, 4.69) is 0 Å². The Kier molecular flexibility index (Phi) is 5.68. The number of carbonyl (C=O) groups excluding carboxylic acids is 2. The fourth-order valence-corrected chi connectivity index (χ4v) is 3.91. The zero-order valence-electron chi connectivity index (χ0n) is 15.8. The maximum atomic E-state index is 13.2. The van der Waals surface area contributed by atoms with E-state index in [9.17, 15) is 14.4 Å². The zero-order valence-corrected chi connectivity index (χ0v) is 15.8. The van der Waals surface area contributed by atoms with Crippen molar-refractivity contribution < 1.29 is 24.2 Å². The number of aliphatic carboxylic acids is 1. The van der Waals surface area contributed by atoms with Gasteiger partial charge in [-0.2, -0.15) is 0 Å². The summed E-state index contributed by atoms with van der Waals surface area (Å²) in [4.78, 5) is 40.3. The molecule has 2 amide bonds. The van der Waals surface area contributed by atoms with Crippen molar-refractivity contribution in [2.24, 2.45) is 5.92 Å². The average molecular weight is 374 g/mol. The van der Waals surface area contributed by atoms with Crippen LogP contribution in [0.15, 0.2) is 24.3 Å². The minimum absolute atomic E-state index is 0.0320. The van der Waals surface area contributed by atoms with E-state index in [1.54, 1.807) is 7.11 Å². The molecular weight excluding hydrogens is 348 g/mol. The molecule has 0 spiro atoms. The first-order valence-electron chi connectivity index (χ1n) is 9.42. The standard InChI is InChI=1S/C20H26N2O5/c1-3-9-21(12-18(24)25)20(26)16-11-17(23)22(14-7-8-14)19(16)13-5-4-6-15(10-13)27-2/h4-6,10,14,16,19H,3,7-9,11-12H2,1-2H3,(H,24,25). The summed E-state index contributed by atoms with van der Waals surface area (Å²) in [7, 11) is 1.58. The quantitative estimate of drug-likeness (QED) is 0.753. The van der Waals surface area contributed by atoms with Gasteiger partial charge in [-0.15, -0.1) is 0 Å². The van der Waals surface area contributed by atoms with Gasteiger partial charge in [0.15, 0.2) is 0 Å². The van der Waals surface area contributed by atoms with Crippen LogP contribution in [0.3, 0.4) is 0 Å². The van der Waals surface area contributed by atoms with Crippen molar-refractivity contribution in [3.8, 4) is 5.75 Å². The van der Waals surface area contributed by atoms with Crippen LogP contribution in [-0.2, 0) is 14.4 Å². The summed E-state index contributed by atoms with van der Waals surface area (Å²) in [6.45, 7) is 1.92. The zero-order chi connectivity index (χ0) is 19.6. The SMILES string of the molecule is CCCN(CC(=O)O)C(=O)C1CC(=O)N(C2CC2)C1c1cccc(OC)c1. The summed E-state index contributed by atoms with van der Waals surface area (Å²) < 4.78 is 5.31. The molecule has 0 aromatic heterocycles. The Bertz CT molecular complexity index is 731. The third-order valence-electron chi connectivity index (χ3n) is 5.19. The van der Waals surface area contributed by atoms with Gasteiger partial charge >= 0.3 is 5.97 Å². The first-order valence-corrected chi connectivity index (χ1v) is 9.42. The van der Waals surface area contributed by atoms with E-state index < -0.39 is 11.9 Å². The number of hydrogen-bond acceptors (Lipinski definition) is 4. The third kappa shape index (κ3) is 4.07. The summed E-state index contributed by atoms with van der Waals surface area (Å²) in [5.74, 6) is -1.24. The predicted octanol–water partition coefficient (Wildman–Crippen LogP) is 2.07. The molecule has 2 aliphatic rings. The summed E-state index contributed by atoms with van der Waals surface area (Å²) in [6.07, 6.45) is 2.68. The lowest BCUT2D eigenvalue weighted by atomic mass is 9.92. The molecule has 1 aliphatic carbocycles. The van der Waals surface area contributed by atoms with E-state index in [0.717, 1.165) is 18.4 Å². The van der Waals surface area contributed by atoms with E-state index in [1.165, 1.54) is 4.90 Å². The molecule has 1 saturated carbocycles. The molecule has 1 aromatic carbocycles. The molecule has 1 saturated heterocycles. The van der Waals surface area contributed by atoms with Gasteiger partial charge in [-0.05, 0) is 37.0 Å². The summed E-state index contributed by atoms with van der Waals surface area (Å²) in [5, 5.41) is 9.17. The van der Waals surface area contributed by atoms with Gasteiger partial charge in [0.2, 0.25) is 11.8 Å². The fraction of sp³-hybridized carbons (Fsp3) is 0.550. The van der Waals surface area contributed by atoms with Crippen LogP contribution in [0.4, 0.5) is 0 Å². The Morgan fingerprint density at radius 1 is 1.33 bits per heavy atom. The Hall–Kier alpha value is -2.57. The number of hydrogen-bond donors (Lipinski definition) is 1. The number of amides is 2. The second kappa shape index (κ2) is 7.98. The number of benzene rings is 1. The molecule has 2 atom stereocenters. The van der Waals surface area contributed by atoms with Crippen LogP contribution >= 0.6 is 0 Å². The van der Waals surface area contributed by atoms with Crippen molar-refractivity contribution in [3.63, 3.8) is 0 Å². The molecule has 1 aromatic rings. The lowest BCUT2D eigenvalue weighted by molar-refractivity contribution is -0.146. The highest BCUT2D eigenvalue weighted by atomic mass is 16.5. The van der Waals surface area contributed by atoms with Gasteiger partial charge in [0.1, 0.15) is 12.3 Å². The Balaban J connectivity index is 1.94. The molecule has 7 heteroatoms. The Morgan fingerprint density at radius 3 is 2.67 bits per heavy atom. The van der Waals surface area contributed by atoms with Crippen molar-refractivity contribution in [1.29, 1.82) is 0 Å². The normalized spacial score (nSPS) is 22.0. The molecule has 1 heterocycles. The van der Waals surface area contributed by atoms with E-state index in [4.69, 9.17) is 9.84 Å². The van der Waals surface area contributed by atoms with Crippen LogP contribution in [0.5, 0.6) is 5.75 Å². The highest BCUT2D eigenvalue weighted by molar-refractivity contribution is 5.92. The molecule has 2 unspecified atom stereocenters. The second-order valence-electron chi connectivity index (χ2n) is 7.22. The van der Waals surface area contributed by atoms with Gasteiger partial charge in [0.25, 0.3) is 0 Å². The monoisotopic (exact) mass is 374 g/mol. The molecule has 0 radical (unpaired) electrons. The molecule has 3 rings (SSSR count). The van der Waals surface area contributed by atoms with Crippen LogP contribution in [0.1, 0.15) is 44.2 Å². The van der Waals surface area contributed by atoms with Gasteiger partial charge < -0.3 is 19.6 Å². The van der Waals surface area contributed by atoms with Gasteiger partial charge in [-0.3, -0.25) is 14.4 Å². The Morgan fingerprint density at radius 2 is 2.07 bits per heavy atom. The van der Waals surface area contributed by atoms with Crippen molar-refractivity contribution in [2.45, 2.75) is 44.7 Å². The van der Waals surface area contributed by atoms with Crippen molar-refractivity contribution in [2.75, 3.05) is 20.2 Å². The molecule has 0 bridgehead atoms. The lowest BCUT2D eigenvalue weighted by Crippen LogP contribution is -2.42. The van der Waals surface area contributed by atoms with E-state index in [1.807, 2.05) is 36.1 Å². The van der Waals surface area contributed by atoms with Gasteiger partial charge in [-0.25, -0.2) is 0 Å². The van der Waals surface area contributed by atoms with Crippen LogP contribution < -0.4 is 4.74 Å². The number of ether oxygens (including phenoxy) is 1. The highest BCUT2D eigenvalue weighted by Gasteiger charge is 2.50. The van der Waals surface area contributed by atoms with Gasteiger partial charge in [0, 0.05) is 19.0 Å². The highest BCUT2D eigenvalue weighted by Crippen LogP contribution is 2.46. The average Bonchev–Trinajstić information content (AvgIpc) is 3.42. The third-order valence-corrected chi connectivity index (χ3v) is 5.19. The van der Waals surface area contributed by atoms with E-state index in [0.29, 0.717) is 18.7 Å². The van der Waals surface area contributed by atoms with Gasteiger partial charge in [-0.1, -0.05) is 19.1 Å². The number of methoxy groups -OCH3 is 1. The topological polar surface area (TPSA) is 87.2 Å². The molecule has 146 valence electrons. The van der Waals surface area contributed by atoms with Gasteiger partial charge in [0.05, 0.1) is 19.1 Å². The minimum Gasteiger partial charge on any atom is -0.497 e. The number of carbonyl (C=O) groups is 3. The Labute approximate surface area is 158 Å². The summed E-state index contributed by atoms with van der Waals surface area (Å²) in [6, 6.07) is 7.24. The molecular formula is C20H26N2O5. The van der Waals surface area contributed by atoms with Crippen LogP contribution in [0.2, 0.25) is 0 Å². The second-order valence-corrected chi connectivity index (χ2v) is 7.22. The van der Waals surface area contributed by atoms with Crippen molar-refractivity contribution in [3.05, 3.63) is 29.8 Å². The minimum atomic E-state index is -1.04. The first kappa shape index (κ1) is 19.2. The number of rotatable bonds is 8. The maximum Gasteiger partial charge on any atom is 0.323 e. The summed E-state index contributed by atoms with van der Waals surface area (Å²) in [5.41, 5.74) is 0.859.